The van der Waals surface area contributed by atoms with Gasteiger partial charge in [0.05, 0.1) is 11.6 Å². The molecule has 28 heavy (non-hydrogen) atoms. The predicted molar refractivity (Wildman–Crippen MR) is 107 cm³/mol. The maximum atomic E-state index is 13.8. The van der Waals surface area contributed by atoms with Gasteiger partial charge in [0, 0.05) is 37.7 Å². The third-order valence-electron chi connectivity index (χ3n) is 5.04. The van der Waals surface area contributed by atoms with Gasteiger partial charge in [-0.25, -0.2) is 4.39 Å². The number of nitrogens with zero attached hydrogens (tertiary/aromatic N) is 2. The maximum absolute atomic E-state index is 13.8. The SMILES string of the molecule is CC(C(=O)NCc1ccccc1Cl)N1CCN(C(=O)c2ccccc2F)CC1. The largest absolute Gasteiger partial charge is 0.351 e. The van der Waals surface area contributed by atoms with Crippen molar-refractivity contribution in [2.75, 3.05) is 26.2 Å². The van der Waals surface area contributed by atoms with E-state index in [1.807, 2.05) is 30.0 Å². The number of carbonyl (C=O) groups is 2. The Hall–Kier alpha value is -2.44. The maximum Gasteiger partial charge on any atom is 0.256 e. The number of piperazine rings is 1. The summed E-state index contributed by atoms with van der Waals surface area (Å²) in [6.07, 6.45) is 0. The van der Waals surface area contributed by atoms with Crippen molar-refractivity contribution < 1.29 is 14.0 Å². The molecule has 0 aromatic heterocycles. The van der Waals surface area contributed by atoms with Gasteiger partial charge in [-0.2, -0.15) is 0 Å². The summed E-state index contributed by atoms with van der Waals surface area (Å²) in [5, 5.41) is 3.53. The zero-order chi connectivity index (χ0) is 20.1. The third kappa shape index (κ3) is 4.69. The van der Waals surface area contributed by atoms with Crippen LogP contribution in [0, 0.1) is 5.82 Å². The summed E-state index contributed by atoms with van der Waals surface area (Å²) in [5.41, 5.74) is 0.950. The highest BCUT2D eigenvalue weighted by Gasteiger charge is 2.28. The molecule has 148 valence electrons. The summed E-state index contributed by atoms with van der Waals surface area (Å²) < 4.78 is 13.8. The van der Waals surface area contributed by atoms with Crippen LogP contribution in [-0.4, -0.2) is 53.8 Å². The Kier molecular flexibility index (Phi) is 6.65. The summed E-state index contributed by atoms with van der Waals surface area (Å²) in [7, 11) is 0. The molecule has 0 spiro atoms. The molecule has 1 aliphatic heterocycles. The van der Waals surface area contributed by atoms with Crippen molar-refractivity contribution in [2.45, 2.75) is 19.5 Å². The Morgan fingerprint density at radius 1 is 1.07 bits per heavy atom. The number of rotatable bonds is 5. The van der Waals surface area contributed by atoms with Gasteiger partial charge in [0.1, 0.15) is 5.82 Å². The lowest BCUT2D eigenvalue weighted by Crippen LogP contribution is -2.55. The average Bonchev–Trinajstić information content (AvgIpc) is 2.72. The first kappa shape index (κ1) is 20.3. The van der Waals surface area contributed by atoms with Crippen LogP contribution in [0.5, 0.6) is 0 Å². The van der Waals surface area contributed by atoms with Crippen LogP contribution in [0.15, 0.2) is 48.5 Å². The number of carbonyl (C=O) groups excluding carboxylic acids is 2. The van der Waals surface area contributed by atoms with Crippen molar-refractivity contribution >= 4 is 23.4 Å². The van der Waals surface area contributed by atoms with E-state index in [0.29, 0.717) is 37.7 Å². The number of amides is 2. The second-order valence-electron chi connectivity index (χ2n) is 6.79. The number of hydrogen-bond acceptors (Lipinski definition) is 3. The second-order valence-corrected chi connectivity index (χ2v) is 7.20. The van der Waals surface area contributed by atoms with E-state index in [9.17, 15) is 14.0 Å². The molecule has 0 radical (unpaired) electrons. The monoisotopic (exact) mass is 403 g/mol. The van der Waals surface area contributed by atoms with Crippen molar-refractivity contribution in [3.8, 4) is 0 Å². The highest BCUT2D eigenvalue weighted by atomic mass is 35.5. The molecule has 7 heteroatoms. The van der Waals surface area contributed by atoms with Gasteiger partial charge in [-0.1, -0.05) is 41.9 Å². The molecule has 2 amide bonds. The molecule has 1 atom stereocenters. The molecule has 2 aromatic rings. The first-order chi connectivity index (χ1) is 13.5. The summed E-state index contributed by atoms with van der Waals surface area (Å²) in [5.74, 6) is -0.912. The summed E-state index contributed by atoms with van der Waals surface area (Å²) in [4.78, 5) is 28.6. The fourth-order valence-corrected chi connectivity index (χ4v) is 3.46. The third-order valence-corrected chi connectivity index (χ3v) is 5.41. The van der Waals surface area contributed by atoms with Crippen molar-refractivity contribution in [3.63, 3.8) is 0 Å². The number of nitrogens with one attached hydrogen (secondary N) is 1. The van der Waals surface area contributed by atoms with Gasteiger partial charge in [-0.15, -0.1) is 0 Å². The van der Waals surface area contributed by atoms with Crippen molar-refractivity contribution in [1.82, 2.24) is 15.1 Å². The molecule has 1 unspecified atom stereocenters. The summed E-state index contributed by atoms with van der Waals surface area (Å²) in [6.45, 7) is 4.23. The van der Waals surface area contributed by atoms with Gasteiger partial charge in [-0.3, -0.25) is 14.5 Å². The Balaban J connectivity index is 1.51. The smallest absolute Gasteiger partial charge is 0.256 e. The summed E-state index contributed by atoms with van der Waals surface area (Å²) in [6, 6.07) is 13.1. The highest BCUT2D eigenvalue weighted by molar-refractivity contribution is 6.31. The van der Waals surface area contributed by atoms with Gasteiger partial charge in [0.25, 0.3) is 5.91 Å². The van der Waals surface area contributed by atoms with Crippen LogP contribution in [-0.2, 0) is 11.3 Å². The molecule has 0 saturated carbocycles. The van der Waals surface area contributed by atoms with E-state index in [0.717, 1.165) is 5.56 Å². The van der Waals surface area contributed by atoms with E-state index in [2.05, 4.69) is 5.32 Å². The summed E-state index contributed by atoms with van der Waals surface area (Å²) >= 11 is 6.12. The fourth-order valence-electron chi connectivity index (χ4n) is 3.25. The number of halogens is 2. The lowest BCUT2D eigenvalue weighted by molar-refractivity contribution is -0.126. The molecule has 0 aliphatic carbocycles. The van der Waals surface area contributed by atoms with E-state index in [-0.39, 0.29) is 23.4 Å². The molecule has 0 bridgehead atoms. The van der Waals surface area contributed by atoms with E-state index >= 15 is 0 Å². The standard InChI is InChI=1S/C21H23ClFN3O2/c1-15(20(27)24-14-16-6-2-4-8-18(16)22)25-10-12-26(13-11-25)21(28)17-7-3-5-9-19(17)23/h2-9,15H,10-14H2,1H3,(H,24,27). The van der Waals surface area contributed by atoms with E-state index in [4.69, 9.17) is 11.6 Å². The van der Waals surface area contributed by atoms with Gasteiger partial charge in [-0.05, 0) is 30.7 Å². The Labute approximate surface area is 169 Å². The van der Waals surface area contributed by atoms with Crippen LogP contribution < -0.4 is 5.32 Å². The molecule has 1 N–H and O–H groups in total. The van der Waals surface area contributed by atoms with E-state index < -0.39 is 5.82 Å². The quantitative estimate of drug-likeness (QED) is 0.835. The van der Waals surface area contributed by atoms with Gasteiger partial charge in [0.2, 0.25) is 5.91 Å². The highest BCUT2D eigenvalue weighted by Crippen LogP contribution is 2.16. The van der Waals surface area contributed by atoms with Gasteiger partial charge < -0.3 is 10.2 Å². The topological polar surface area (TPSA) is 52.7 Å². The van der Waals surface area contributed by atoms with Crippen molar-refractivity contribution in [3.05, 3.63) is 70.5 Å². The average molecular weight is 404 g/mol. The number of hydrogen-bond donors (Lipinski definition) is 1. The Morgan fingerprint density at radius 3 is 2.39 bits per heavy atom. The van der Waals surface area contributed by atoms with Crippen LogP contribution in [0.4, 0.5) is 4.39 Å². The zero-order valence-corrected chi connectivity index (χ0v) is 16.5. The molecule has 1 saturated heterocycles. The first-order valence-corrected chi connectivity index (χ1v) is 9.64. The van der Waals surface area contributed by atoms with Crippen LogP contribution in [0.1, 0.15) is 22.8 Å². The molecular formula is C21H23ClFN3O2. The zero-order valence-electron chi connectivity index (χ0n) is 15.7. The van der Waals surface area contributed by atoms with Crippen LogP contribution in [0.3, 0.4) is 0 Å². The number of benzene rings is 2. The van der Waals surface area contributed by atoms with Crippen LogP contribution >= 0.6 is 11.6 Å². The van der Waals surface area contributed by atoms with E-state index in [1.54, 1.807) is 23.1 Å². The minimum Gasteiger partial charge on any atom is -0.351 e. The van der Waals surface area contributed by atoms with Crippen LogP contribution in [0.2, 0.25) is 5.02 Å². The van der Waals surface area contributed by atoms with Crippen LogP contribution in [0.25, 0.3) is 0 Å². The second kappa shape index (κ2) is 9.17. The molecule has 5 nitrogen and oxygen atoms in total. The molecule has 2 aromatic carbocycles. The molecule has 3 rings (SSSR count). The minimum absolute atomic E-state index is 0.0847. The molecule has 1 heterocycles. The fraction of sp³-hybridized carbons (Fsp3) is 0.333. The molecule has 1 fully saturated rings. The lowest BCUT2D eigenvalue weighted by Gasteiger charge is -2.37. The molecular weight excluding hydrogens is 381 g/mol. The van der Waals surface area contributed by atoms with Gasteiger partial charge >= 0.3 is 0 Å². The van der Waals surface area contributed by atoms with Gasteiger partial charge in [0.15, 0.2) is 0 Å². The predicted octanol–water partition coefficient (Wildman–Crippen LogP) is 2.94. The van der Waals surface area contributed by atoms with E-state index in [1.165, 1.54) is 12.1 Å². The molecule has 1 aliphatic rings. The minimum atomic E-state index is -0.512. The van der Waals surface area contributed by atoms with Crippen molar-refractivity contribution in [1.29, 1.82) is 0 Å². The lowest BCUT2D eigenvalue weighted by atomic mass is 10.1. The Morgan fingerprint density at radius 2 is 1.71 bits per heavy atom. The Bertz CT molecular complexity index is 853. The normalized spacial score (nSPS) is 15.9. The van der Waals surface area contributed by atoms with Crippen molar-refractivity contribution in [2.24, 2.45) is 0 Å². The first-order valence-electron chi connectivity index (χ1n) is 9.26.